The van der Waals surface area contributed by atoms with E-state index in [1.54, 1.807) is 0 Å². The lowest BCUT2D eigenvalue weighted by atomic mass is 10.2. The Morgan fingerprint density at radius 3 is 2.70 bits per heavy atom. The van der Waals surface area contributed by atoms with Crippen LogP contribution < -0.4 is 5.32 Å². The van der Waals surface area contributed by atoms with E-state index in [-0.39, 0.29) is 0 Å². The van der Waals surface area contributed by atoms with E-state index in [4.69, 9.17) is 5.11 Å². The molecule has 1 heterocycles. The van der Waals surface area contributed by atoms with Crippen molar-refractivity contribution in [3.63, 3.8) is 0 Å². The van der Waals surface area contributed by atoms with Gasteiger partial charge in [-0.15, -0.1) is 0 Å². The first-order valence-corrected chi connectivity index (χ1v) is 4.97. The van der Waals surface area contributed by atoms with Gasteiger partial charge in [-0.05, 0) is 37.4 Å². The largest absolute Gasteiger partial charge is 0.400 e. The smallest absolute Gasteiger partial charge is 0.0319 e. The van der Waals surface area contributed by atoms with E-state index in [0.29, 0.717) is 0 Å². The topological polar surface area (TPSA) is 32.3 Å². The second-order valence-corrected chi connectivity index (χ2v) is 3.22. The van der Waals surface area contributed by atoms with Crippen LogP contribution in [0.3, 0.4) is 0 Å². The number of hydrogen-bond donors (Lipinski definition) is 2. The first-order chi connectivity index (χ1) is 4.93. The molecule has 1 saturated heterocycles. The van der Waals surface area contributed by atoms with Gasteiger partial charge in [0.1, 0.15) is 0 Å². The van der Waals surface area contributed by atoms with Crippen molar-refractivity contribution in [2.24, 2.45) is 5.92 Å². The Kier molecular flexibility index (Phi) is 7.58. The van der Waals surface area contributed by atoms with Crippen LogP contribution in [0.1, 0.15) is 6.42 Å². The van der Waals surface area contributed by atoms with Crippen LogP contribution in [-0.2, 0) is 0 Å². The molecule has 0 radical (unpaired) electrons. The van der Waals surface area contributed by atoms with E-state index >= 15 is 0 Å². The zero-order chi connectivity index (χ0) is 7.82. The molecule has 0 amide bonds. The normalized spacial score (nSPS) is 23.7. The Labute approximate surface area is 67.4 Å². The zero-order valence-electron chi connectivity index (χ0n) is 6.76. The van der Waals surface area contributed by atoms with Crippen molar-refractivity contribution in [3.8, 4) is 0 Å². The van der Waals surface area contributed by atoms with Gasteiger partial charge in [-0.3, -0.25) is 0 Å². The third-order valence-electron chi connectivity index (χ3n) is 1.56. The summed E-state index contributed by atoms with van der Waals surface area (Å²) in [5, 5.41) is 10.3. The van der Waals surface area contributed by atoms with Crippen LogP contribution in [0.15, 0.2) is 0 Å². The molecule has 3 heteroatoms. The van der Waals surface area contributed by atoms with Crippen LogP contribution in [0.4, 0.5) is 0 Å². The van der Waals surface area contributed by atoms with E-state index in [1.807, 2.05) is 11.8 Å². The van der Waals surface area contributed by atoms with E-state index in [2.05, 4.69) is 11.6 Å². The Hall–Kier alpha value is 0.270. The number of thioether (sulfide) groups is 1. The summed E-state index contributed by atoms with van der Waals surface area (Å²) in [4.78, 5) is 0. The standard InChI is InChI=1S/C6H13NS.CH4O/c1-8-5-6-2-3-7-4-6;1-2/h6-7H,2-5H2,1H3;2H,1H3/t6-;/m1./s1. The van der Waals surface area contributed by atoms with Crippen molar-refractivity contribution in [2.75, 3.05) is 32.2 Å². The van der Waals surface area contributed by atoms with E-state index in [0.717, 1.165) is 13.0 Å². The van der Waals surface area contributed by atoms with Gasteiger partial charge in [0.25, 0.3) is 0 Å². The van der Waals surface area contributed by atoms with Crippen LogP contribution in [0, 0.1) is 5.92 Å². The Morgan fingerprint density at radius 2 is 2.30 bits per heavy atom. The third-order valence-corrected chi connectivity index (χ3v) is 2.37. The highest BCUT2D eigenvalue weighted by atomic mass is 32.2. The summed E-state index contributed by atoms with van der Waals surface area (Å²) in [5.74, 6) is 2.30. The SMILES string of the molecule is CO.CSC[C@@H]1CCNC1. The second kappa shape index (κ2) is 7.38. The quantitative estimate of drug-likeness (QED) is 0.624. The highest BCUT2D eigenvalue weighted by Crippen LogP contribution is 2.11. The minimum atomic E-state index is 0.963. The molecule has 1 fully saturated rings. The van der Waals surface area contributed by atoms with Gasteiger partial charge in [0.05, 0.1) is 0 Å². The fraction of sp³-hybridized carbons (Fsp3) is 1.00. The molecule has 1 aliphatic rings. The molecule has 0 aromatic heterocycles. The Morgan fingerprint density at radius 1 is 1.60 bits per heavy atom. The summed E-state index contributed by atoms with van der Waals surface area (Å²) >= 11 is 1.96. The molecule has 1 atom stereocenters. The minimum absolute atomic E-state index is 0.963. The highest BCUT2D eigenvalue weighted by Gasteiger charge is 2.12. The first kappa shape index (κ1) is 10.3. The predicted molar refractivity (Wildman–Crippen MR) is 47.5 cm³/mol. The van der Waals surface area contributed by atoms with E-state index < -0.39 is 0 Å². The molecule has 2 nitrogen and oxygen atoms in total. The lowest BCUT2D eigenvalue weighted by Gasteiger charge is -2.02. The summed E-state index contributed by atoms with van der Waals surface area (Å²) in [7, 11) is 1.00. The zero-order valence-corrected chi connectivity index (χ0v) is 7.58. The van der Waals surface area contributed by atoms with Crippen molar-refractivity contribution in [2.45, 2.75) is 6.42 Å². The van der Waals surface area contributed by atoms with Gasteiger partial charge in [0.15, 0.2) is 0 Å². The monoisotopic (exact) mass is 163 g/mol. The average Bonchev–Trinajstić information content (AvgIpc) is 2.46. The van der Waals surface area contributed by atoms with Gasteiger partial charge in [0, 0.05) is 7.11 Å². The first-order valence-electron chi connectivity index (χ1n) is 3.58. The molecule has 0 unspecified atom stereocenters. The molecule has 0 aliphatic carbocycles. The summed E-state index contributed by atoms with van der Waals surface area (Å²) in [6, 6.07) is 0. The van der Waals surface area contributed by atoms with Crippen LogP contribution in [0.25, 0.3) is 0 Å². The summed E-state index contributed by atoms with van der Waals surface area (Å²) < 4.78 is 0. The van der Waals surface area contributed by atoms with Gasteiger partial charge in [-0.2, -0.15) is 11.8 Å². The molecule has 10 heavy (non-hydrogen) atoms. The minimum Gasteiger partial charge on any atom is -0.400 e. The molecular formula is C7H17NOS. The fourth-order valence-corrected chi connectivity index (χ4v) is 1.85. The van der Waals surface area contributed by atoms with Crippen LogP contribution in [0.5, 0.6) is 0 Å². The Bertz CT molecular complexity index is 64.6. The van der Waals surface area contributed by atoms with Crippen molar-refractivity contribution in [1.29, 1.82) is 0 Å². The maximum absolute atomic E-state index is 7.00. The fourth-order valence-electron chi connectivity index (χ4n) is 1.09. The molecule has 0 aromatic carbocycles. The summed E-state index contributed by atoms with van der Waals surface area (Å²) in [5.41, 5.74) is 0. The van der Waals surface area contributed by atoms with Gasteiger partial charge in [-0.25, -0.2) is 0 Å². The van der Waals surface area contributed by atoms with Crippen molar-refractivity contribution in [1.82, 2.24) is 5.32 Å². The molecule has 1 rings (SSSR count). The van der Waals surface area contributed by atoms with Gasteiger partial charge < -0.3 is 10.4 Å². The van der Waals surface area contributed by atoms with Crippen LogP contribution in [-0.4, -0.2) is 37.3 Å². The summed E-state index contributed by atoms with van der Waals surface area (Å²) in [6.07, 6.45) is 3.57. The molecule has 1 aliphatic heterocycles. The number of aliphatic hydroxyl groups excluding tert-OH is 1. The lowest BCUT2D eigenvalue weighted by Crippen LogP contribution is -2.10. The van der Waals surface area contributed by atoms with Gasteiger partial charge in [-0.1, -0.05) is 0 Å². The van der Waals surface area contributed by atoms with Gasteiger partial charge >= 0.3 is 0 Å². The van der Waals surface area contributed by atoms with Crippen molar-refractivity contribution < 1.29 is 5.11 Å². The maximum atomic E-state index is 7.00. The highest BCUT2D eigenvalue weighted by molar-refractivity contribution is 7.98. The van der Waals surface area contributed by atoms with Crippen molar-refractivity contribution in [3.05, 3.63) is 0 Å². The number of nitrogens with one attached hydrogen (secondary N) is 1. The van der Waals surface area contributed by atoms with Crippen molar-refractivity contribution >= 4 is 11.8 Å². The molecular weight excluding hydrogens is 146 g/mol. The Balaban J connectivity index is 0.000000371. The molecule has 0 spiro atoms. The maximum Gasteiger partial charge on any atom is 0.0319 e. The average molecular weight is 163 g/mol. The third kappa shape index (κ3) is 4.14. The summed E-state index contributed by atoms with van der Waals surface area (Å²) in [6.45, 7) is 2.49. The number of hydrogen-bond acceptors (Lipinski definition) is 3. The lowest BCUT2D eigenvalue weighted by molar-refractivity contribution is 0.399. The van der Waals surface area contributed by atoms with E-state index in [9.17, 15) is 0 Å². The molecule has 0 saturated carbocycles. The second-order valence-electron chi connectivity index (χ2n) is 2.31. The van der Waals surface area contributed by atoms with Crippen LogP contribution >= 0.6 is 11.8 Å². The molecule has 0 bridgehead atoms. The van der Waals surface area contributed by atoms with Gasteiger partial charge in [0.2, 0.25) is 0 Å². The molecule has 0 aromatic rings. The molecule has 62 valence electrons. The number of rotatable bonds is 2. The van der Waals surface area contributed by atoms with E-state index in [1.165, 1.54) is 25.3 Å². The predicted octanol–water partition coefficient (Wildman–Crippen LogP) is 0.567. The number of aliphatic hydroxyl groups is 1. The molecule has 2 N–H and O–H groups in total. The van der Waals surface area contributed by atoms with Crippen LogP contribution in [0.2, 0.25) is 0 Å².